The van der Waals surface area contributed by atoms with Crippen LogP contribution in [0.25, 0.3) is 0 Å². The number of hydrogen-bond acceptors (Lipinski definition) is 5. The minimum absolute atomic E-state index is 0.0267. The highest BCUT2D eigenvalue weighted by atomic mass is 31.2. The Morgan fingerprint density at radius 2 is 1.50 bits per heavy atom. The molecule has 0 aromatic carbocycles. The third-order valence-electron chi connectivity index (χ3n) is 2.38. The molecule has 0 saturated carbocycles. The smallest absolute Gasteiger partial charge is 0.417 e. The molecule has 2 N–H and O–H groups in total. The van der Waals surface area contributed by atoms with Gasteiger partial charge in [-0.25, -0.2) is 9.59 Å². The van der Waals surface area contributed by atoms with E-state index >= 15 is 0 Å². The van der Waals surface area contributed by atoms with Gasteiger partial charge in [0.1, 0.15) is 5.78 Å². The molecule has 0 aliphatic rings. The quantitative estimate of drug-likeness (QED) is 0.661. The number of carbonyl (C=O) groups is 2. The molecule has 2 amide bonds. The third kappa shape index (κ3) is 5.11. The van der Waals surface area contributed by atoms with E-state index in [1.54, 1.807) is 27.7 Å². The van der Waals surface area contributed by atoms with Crippen LogP contribution >= 0.6 is 7.60 Å². The Morgan fingerprint density at radius 1 is 1.10 bits per heavy atom. The average molecular weight is 311 g/mol. The number of carboxylic acid groups (broad SMARTS) is 2. The normalized spacial score (nSPS) is 13.2. The van der Waals surface area contributed by atoms with Gasteiger partial charge < -0.3 is 19.3 Å². The molecule has 20 heavy (non-hydrogen) atoms. The van der Waals surface area contributed by atoms with Gasteiger partial charge in [0.2, 0.25) is 0 Å². The van der Waals surface area contributed by atoms with Crippen LogP contribution in [0.15, 0.2) is 0 Å². The lowest BCUT2D eigenvalue weighted by Crippen LogP contribution is -2.44. The molecule has 0 aliphatic heterocycles. The zero-order valence-electron chi connectivity index (χ0n) is 12.1. The van der Waals surface area contributed by atoms with Crippen molar-refractivity contribution in [3.8, 4) is 0 Å². The first-order chi connectivity index (χ1) is 9.19. The van der Waals surface area contributed by atoms with E-state index in [0.29, 0.717) is 0 Å². The molecule has 0 aromatic heterocycles. The zero-order chi connectivity index (χ0) is 15.9. The second-order valence-electron chi connectivity index (χ2n) is 4.42. The standard InChI is InChI=1S/C11H22NO7P/c1-5-18-20(17,19-6-2)9(7-8(3)4)12(10(13)14)11(15)16/h8-9H,5-7H2,1-4H3,(H,13,14)(H,15,16). The van der Waals surface area contributed by atoms with E-state index in [1.165, 1.54) is 0 Å². The number of rotatable bonds is 8. The van der Waals surface area contributed by atoms with Crippen LogP contribution < -0.4 is 0 Å². The molecule has 0 radical (unpaired) electrons. The molecule has 0 rings (SSSR count). The lowest BCUT2D eigenvalue weighted by Gasteiger charge is -2.32. The van der Waals surface area contributed by atoms with Crippen molar-refractivity contribution in [2.45, 2.75) is 39.9 Å². The molecule has 118 valence electrons. The Bertz CT molecular complexity index is 361. The average Bonchev–Trinajstić information content (AvgIpc) is 2.27. The number of amides is 2. The number of nitrogens with zero attached hydrogens (tertiary/aromatic N) is 1. The van der Waals surface area contributed by atoms with E-state index in [-0.39, 0.29) is 30.5 Å². The van der Waals surface area contributed by atoms with Crippen LogP contribution in [-0.2, 0) is 13.6 Å². The zero-order valence-corrected chi connectivity index (χ0v) is 13.0. The largest absolute Gasteiger partial charge is 0.464 e. The van der Waals surface area contributed by atoms with E-state index in [2.05, 4.69) is 0 Å². The summed E-state index contributed by atoms with van der Waals surface area (Å²) in [5.74, 6) is -1.46. The van der Waals surface area contributed by atoms with Crippen molar-refractivity contribution in [2.75, 3.05) is 13.2 Å². The van der Waals surface area contributed by atoms with Crippen LogP contribution in [-0.4, -0.2) is 46.3 Å². The second-order valence-corrected chi connectivity index (χ2v) is 6.61. The van der Waals surface area contributed by atoms with Gasteiger partial charge in [0.15, 0.2) is 0 Å². The van der Waals surface area contributed by atoms with E-state index in [9.17, 15) is 14.2 Å². The van der Waals surface area contributed by atoms with Gasteiger partial charge in [-0.3, -0.25) is 4.57 Å². The maximum Gasteiger partial charge on any atom is 0.417 e. The molecule has 0 heterocycles. The lowest BCUT2D eigenvalue weighted by atomic mass is 10.1. The van der Waals surface area contributed by atoms with E-state index in [0.717, 1.165) is 0 Å². The highest BCUT2D eigenvalue weighted by Gasteiger charge is 2.45. The third-order valence-corrected chi connectivity index (χ3v) is 4.78. The molecular formula is C11H22NO7P. The molecule has 9 heteroatoms. The SMILES string of the molecule is CCOP(=O)(OCC)C(CC(C)C)N(C(=O)O)C(=O)O. The van der Waals surface area contributed by atoms with Crippen molar-refractivity contribution in [3.05, 3.63) is 0 Å². The van der Waals surface area contributed by atoms with Crippen LogP contribution in [0.1, 0.15) is 34.1 Å². The highest BCUT2D eigenvalue weighted by molar-refractivity contribution is 7.54. The predicted octanol–water partition coefficient (Wildman–Crippen LogP) is 3.28. The first kappa shape index (κ1) is 18.9. The maximum atomic E-state index is 12.7. The Hall–Kier alpha value is -1.11. The summed E-state index contributed by atoms with van der Waals surface area (Å²) in [6, 6.07) is 0. The molecular weight excluding hydrogens is 289 g/mol. The van der Waals surface area contributed by atoms with Crippen molar-refractivity contribution < 1.29 is 33.4 Å². The van der Waals surface area contributed by atoms with Crippen LogP contribution in [0.4, 0.5) is 9.59 Å². The molecule has 0 aliphatic carbocycles. The van der Waals surface area contributed by atoms with Crippen LogP contribution in [0, 0.1) is 5.92 Å². The van der Waals surface area contributed by atoms with Crippen molar-refractivity contribution in [1.29, 1.82) is 0 Å². The fourth-order valence-corrected chi connectivity index (χ4v) is 4.00. The van der Waals surface area contributed by atoms with Crippen LogP contribution in [0.3, 0.4) is 0 Å². The summed E-state index contributed by atoms with van der Waals surface area (Å²) in [5, 5.41) is 18.1. The van der Waals surface area contributed by atoms with Crippen LogP contribution in [0.2, 0.25) is 0 Å². The minimum Gasteiger partial charge on any atom is -0.464 e. The summed E-state index contributed by atoms with van der Waals surface area (Å²) in [5.41, 5.74) is 0. The molecule has 0 saturated heterocycles. The molecule has 0 bridgehead atoms. The first-order valence-corrected chi connectivity index (χ1v) is 7.94. The number of hydrogen-bond donors (Lipinski definition) is 2. The van der Waals surface area contributed by atoms with Gasteiger partial charge in [-0.15, -0.1) is 0 Å². The Labute approximate surface area is 118 Å². The summed E-state index contributed by atoms with van der Waals surface area (Å²) in [7, 11) is -3.88. The Morgan fingerprint density at radius 3 is 1.75 bits per heavy atom. The summed E-state index contributed by atoms with van der Waals surface area (Å²) in [4.78, 5) is 22.4. The van der Waals surface area contributed by atoms with Gasteiger partial charge >= 0.3 is 19.8 Å². The van der Waals surface area contributed by atoms with Gasteiger partial charge in [0.25, 0.3) is 0 Å². The molecule has 1 atom stereocenters. The summed E-state index contributed by atoms with van der Waals surface area (Å²) in [6.45, 7) is 6.72. The highest BCUT2D eigenvalue weighted by Crippen LogP contribution is 2.56. The number of imide groups is 1. The van der Waals surface area contributed by atoms with Crippen molar-refractivity contribution >= 4 is 19.8 Å². The van der Waals surface area contributed by atoms with E-state index < -0.39 is 25.6 Å². The molecule has 0 spiro atoms. The van der Waals surface area contributed by atoms with Gasteiger partial charge in [0.05, 0.1) is 13.2 Å². The summed E-state index contributed by atoms with van der Waals surface area (Å²) in [6.07, 6.45) is -3.36. The molecule has 8 nitrogen and oxygen atoms in total. The van der Waals surface area contributed by atoms with Gasteiger partial charge in [-0.1, -0.05) is 13.8 Å². The van der Waals surface area contributed by atoms with Gasteiger partial charge in [-0.2, -0.15) is 4.90 Å². The van der Waals surface area contributed by atoms with Crippen LogP contribution in [0.5, 0.6) is 0 Å². The minimum atomic E-state index is -3.88. The first-order valence-electron chi connectivity index (χ1n) is 6.33. The fourth-order valence-electron chi connectivity index (χ4n) is 1.70. The van der Waals surface area contributed by atoms with Gasteiger partial charge in [0, 0.05) is 0 Å². The van der Waals surface area contributed by atoms with Gasteiger partial charge in [-0.05, 0) is 26.2 Å². The summed E-state index contributed by atoms with van der Waals surface area (Å²) >= 11 is 0. The summed E-state index contributed by atoms with van der Waals surface area (Å²) < 4.78 is 22.8. The van der Waals surface area contributed by atoms with E-state index in [1.807, 2.05) is 0 Å². The lowest BCUT2D eigenvalue weighted by molar-refractivity contribution is 0.102. The predicted molar refractivity (Wildman–Crippen MR) is 72.0 cm³/mol. The van der Waals surface area contributed by atoms with E-state index in [4.69, 9.17) is 19.3 Å². The Kier molecular flexibility index (Phi) is 7.78. The Balaban J connectivity index is 5.65. The topological polar surface area (TPSA) is 113 Å². The molecule has 0 aromatic rings. The van der Waals surface area contributed by atoms with Crippen molar-refractivity contribution in [2.24, 2.45) is 5.92 Å². The van der Waals surface area contributed by atoms with Crippen molar-refractivity contribution in [3.63, 3.8) is 0 Å². The maximum absolute atomic E-state index is 12.7. The fraction of sp³-hybridized carbons (Fsp3) is 0.818. The van der Waals surface area contributed by atoms with Crippen molar-refractivity contribution in [1.82, 2.24) is 4.90 Å². The molecule has 0 fully saturated rings. The second kappa shape index (κ2) is 8.24. The monoisotopic (exact) mass is 311 g/mol. The molecule has 1 unspecified atom stereocenters.